The molecule has 19 heavy (non-hydrogen) atoms. The van der Waals surface area contributed by atoms with Crippen molar-refractivity contribution in [2.24, 2.45) is 0 Å². The number of aromatic nitrogens is 1. The van der Waals surface area contributed by atoms with E-state index in [9.17, 15) is 5.11 Å². The molecule has 0 radical (unpaired) electrons. The lowest BCUT2D eigenvalue weighted by atomic mass is 10.0. The predicted molar refractivity (Wildman–Crippen MR) is 78.4 cm³/mol. The van der Waals surface area contributed by atoms with Crippen LogP contribution in [0.15, 0.2) is 42.5 Å². The van der Waals surface area contributed by atoms with Crippen molar-refractivity contribution in [3.8, 4) is 0 Å². The molecule has 2 aromatic rings. The molecular formula is C16H20N2O. The summed E-state index contributed by atoms with van der Waals surface area (Å²) in [6.07, 6.45) is -0.616. The van der Waals surface area contributed by atoms with E-state index in [1.165, 1.54) is 0 Å². The second-order valence-electron chi connectivity index (χ2n) is 4.67. The molecule has 0 saturated carbocycles. The zero-order valence-electron chi connectivity index (χ0n) is 11.7. The monoisotopic (exact) mass is 256 g/mol. The van der Waals surface area contributed by atoms with Crippen LogP contribution in [0, 0.1) is 6.92 Å². The van der Waals surface area contributed by atoms with Gasteiger partial charge in [-0.25, -0.2) is 4.98 Å². The van der Waals surface area contributed by atoms with Gasteiger partial charge in [0.2, 0.25) is 0 Å². The molecule has 2 rings (SSSR count). The van der Waals surface area contributed by atoms with Gasteiger partial charge in [0.05, 0.1) is 0 Å². The van der Waals surface area contributed by atoms with Gasteiger partial charge in [0.15, 0.2) is 0 Å². The third kappa shape index (κ3) is 2.93. The van der Waals surface area contributed by atoms with Gasteiger partial charge < -0.3 is 10.0 Å². The van der Waals surface area contributed by atoms with E-state index in [0.717, 1.165) is 29.2 Å². The maximum Gasteiger partial charge on any atom is 0.128 e. The molecule has 0 fully saturated rings. The largest absolute Gasteiger partial charge is 0.384 e. The summed E-state index contributed by atoms with van der Waals surface area (Å²) >= 11 is 0. The van der Waals surface area contributed by atoms with E-state index in [1.54, 1.807) is 0 Å². The number of pyridine rings is 1. The summed E-state index contributed by atoms with van der Waals surface area (Å²) in [5.74, 6) is 0.934. The molecule has 1 aromatic heterocycles. The van der Waals surface area contributed by atoms with Crippen LogP contribution in [0.1, 0.15) is 29.8 Å². The predicted octanol–water partition coefficient (Wildman–Crippen LogP) is 2.93. The SMILES string of the molecule is CCN(C)c1ccc([C@H](O)c2ccccc2)c(C)n1. The number of anilines is 1. The highest BCUT2D eigenvalue weighted by atomic mass is 16.3. The number of benzene rings is 1. The maximum atomic E-state index is 10.4. The van der Waals surface area contributed by atoms with E-state index in [1.807, 2.05) is 56.4 Å². The quantitative estimate of drug-likeness (QED) is 0.913. The van der Waals surface area contributed by atoms with Crippen molar-refractivity contribution in [3.05, 3.63) is 59.3 Å². The number of hydrogen-bond acceptors (Lipinski definition) is 3. The Labute approximate surface area is 114 Å². The second kappa shape index (κ2) is 5.85. The van der Waals surface area contributed by atoms with Gasteiger partial charge in [-0.1, -0.05) is 36.4 Å². The molecule has 0 aliphatic heterocycles. The summed E-state index contributed by atoms with van der Waals surface area (Å²) in [4.78, 5) is 6.63. The Hall–Kier alpha value is -1.87. The summed E-state index contributed by atoms with van der Waals surface area (Å²) < 4.78 is 0. The smallest absolute Gasteiger partial charge is 0.128 e. The first-order chi connectivity index (χ1) is 9.13. The van der Waals surface area contributed by atoms with E-state index in [4.69, 9.17) is 0 Å². The van der Waals surface area contributed by atoms with Crippen LogP contribution in [-0.2, 0) is 0 Å². The average Bonchev–Trinajstić information content (AvgIpc) is 2.46. The third-order valence-electron chi connectivity index (χ3n) is 3.39. The highest BCUT2D eigenvalue weighted by Gasteiger charge is 2.14. The second-order valence-corrected chi connectivity index (χ2v) is 4.67. The standard InChI is InChI=1S/C16H20N2O/c1-4-18(3)15-11-10-14(12(2)17-15)16(19)13-8-6-5-7-9-13/h5-11,16,19H,4H2,1-3H3/t16-/m1/s1. The van der Waals surface area contributed by atoms with Crippen LogP contribution < -0.4 is 4.90 Å². The first kappa shape index (κ1) is 13.6. The van der Waals surface area contributed by atoms with Gasteiger partial charge in [0.1, 0.15) is 11.9 Å². The van der Waals surface area contributed by atoms with Gasteiger partial charge in [-0.05, 0) is 25.5 Å². The lowest BCUT2D eigenvalue weighted by Crippen LogP contribution is -2.18. The van der Waals surface area contributed by atoms with Crippen LogP contribution in [0.2, 0.25) is 0 Å². The minimum Gasteiger partial charge on any atom is -0.384 e. The third-order valence-corrected chi connectivity index (χ3v) is 3.39. The van der Waals surface area contributed by atoms with E-state index >= 15 is 0 Å². The van der Waals surface area contributed by atoms with Crippen molar-refractivity contribution in [2.75, 3.05) is 18.5 Å². The van der Waals surface area contributed by atoms with Crippen molar-refractivity contribution < 1.29 is 5.11 Å². The molecule has 0 saturated heterocycles. The molecule has 0 aliphatic carbocycles. The molecule has 0 unspecified atom stereocenters. The maximum absolute atomic E-state index is 10.4. The highest BCUT2D eigenvalue weighted by molar-refractivity contribution is 5.43. The Morgan fingerprint density at radius 2 is 1.84 bits per heavy atom. The fourth-order valence-electron chi connectivity index (χ4n) is 2.04. The minimum absolute atomic E-state index is 0.616. The number of hydrogen-bond donors (Lipinski definition) is 1. The van der Waals surface area contributed by atoms with Crippen molar-refractivity contribution in [3.63, 3.8) is 0 Å². The van der Waals surface area contributed by atoms with E-state index in [2.05, 4.69) is 16.8 Å². The Morgan fingerprint density at radius 1 is 1.16 bits per heavy atom. The van der Waals surface area contributed by atoms with Crippen molar-refractivity contribution in [1.82, 2.24) is 4.98 Å². The molecule has 3 heteroatoms. The summed E-state index contributed by atoms with van der Waals surface area (Å²) in [5.41, 5.74) is 2.62. The number of aryl methyl sites for hydroxylation is 1. The number of aliphatic hydroxyl groups is 1. The first-order valence-electron chi connectivity index (χ1n) is 6.55. The summed E-state index contributed by atoms with van der Waals surface area (Å²) in [6.45, 7) is 4.94. The van der Waals surface area contributed by atoms with Crippen molar-refractivity contribution in [1.29, 1.82) is 0 Å². The van der Waals surface area contributed by atoms with Crippen LogP contribution in [0.3, 0.4) is 0 Å². The van der Waals surface area contributed by atoms with E-state index in [-0.39, 0.29) is 0 Å². The zero-order chi connectivity index (χ0) is 13.8. The summed E-state index contributed by atoms with van der Waals surface area (Å²) in [6, 6.07) is 13.6. The van der Waals surface area contributed by atoms with Crippen LogP contribution in [0.5, 0.6) is 0 Å². The molecule has 1 N–H and O–H groups in total. The fraction of sp³-hybridized carbons (Fsp3) is 0.312. The molecule has 1 atom stereocenters. The van der Waals surface area contributed by atoms with E-state index < -0.39 is 6.10 Å². The van der Waals surface area contributed by atoms with Crippen LogP contribution >= 0.6 is 0 Å². The Morgan fingerprint density at radius 3 is 2.42 bits per heavy atom. The van der Waals surface area contributed by atoms with Crippen LogP contribution in [0.4, 0.5) is 5.82 Å². The molecule has 0 spiro atoms. The molecule has 0 bridgehead atoms. The molecule has 100 valence electrons. The number of nitrogens with zero attached hydrogens (tertiary/aromatic N) is 2. The molecule has 0 aliphatic rings. The fourth-order valence-corrected chi connectivity index (χ4v) is 2.04. The average molecular weight is 256 g/mol. The van der Waals surface area contributed by atoms with Crippen LogP contribution in [0.25, 0.3) is 0 Å². The number of rotatable bonds is 4. The van der Waals surface area contributed by atoms with Crippen LogP contribution in [-0.4, -0.2) is 23.7 Å². The molecule has 1 heterocycles. The summed E-state index contributed by atoms with van der Waals surface area (Å²) in [5, 5.41) is 10.4. The lowest BCUT2D eigenvalue weighted by Gasteiger charge is -2.19. The van der Waals surface area contributed by atoms with Gasteiger partial charge in [-0.3, -0.25) is 0 Å². The van der Waals surface area contributed by atoms with Gasteiger partial charge >= 0.3 is 0 Å². The normalized spacial score (nSPS) is 12.2. The molecule has 1 aromatic carbocycles. The Bertz CT molecular complexity index is 540. The van der Waals surface area contributed by atoms with Gasteiger partial charge in [-0.15, -0.1) is 0 Å². The zero-order valence-corrected chi connectivity index (χ0v) is 11.7. The van der Waals surface area contributed by atoms with Gasteiger partial charge in [-0.2, -0.15) is 0 Å². The Kier molecular flexibility index (Phi) is 4.17. The van der Waals surface area contributed by atoms with E-state index in [0.29, 0.717) is 0 Å². The van der Waals surface area contributed by atoms with Crippen molar-refractivity contribution in [2.45, 2.75) is 20.0 Å². The first-order valence-corrected chi connectivity index (χ1v) is 6.55. The lowest BCUT2D eigenvalue weighted by molar-refractivity contribution is 0.219. The Balaban J connectivity index is 2.31. The molecule has 0 amide bonds. The summed E-state index contributed by atoms with van der Waals surface area (Å²) in [7, 11) is 2.01. The number of aliphatic hydroxyl groups excluding tert-OH is 1. The molecular weight excluding hydrogens is 236 g/mol. The molecule has 3 nitrogen and oxygen atoms in total. The minimum atomic E-state index is -0.616. The van der Waals surface area contributed by atoms with Crippen molar-refractivity contribution >= 4 is 5.82 Å². The van der Waals surface area contributed by atoms with Gasteiger partial charge in [0.25, 0.3) is 0 Å². The highest BCUT2D eigenvalue weighted by Crippen LogP contribution is 2.25. The van der Waals surface area contributed by atoms with Gasteiger partial charge in [0, 0.05) is 24.8 Å². The topological polar surface area (TPSA) is 36.4 Å².